The molecule has 1 aromatic rings. The number of non-ortho nitro benzene ring substituents is 1. The third kappa shape index (κ3) is 2.47. The molecule has 0 aliphatic rings. The summed E-state index contributed by atoms with van der Waals surface area (Å²) in [7, 11) is 3.84. The minimum Gasteiger partial charge on any atom is -0.376 e. The summed E-state index contributed by atoms with van der Waals surface area (Å²) >= 11 is 4.22. The Balaban J connectivity index is 3.32. The number of benzene rings is 1. The van der Waals surface area contributed by atoms with E-state index in [9.17, 15) is 10.1 Å². The van der Waals surface area contributed by atoms with Crippen molar-refractivity contribution < 1.29 is 4.92 Å². The van der Waals surface area contributed by atoms with E-state index in [0.29, 0.717) is 0 Å². The summed E-state index contributed by atoms with van der Waals surface area (Å²) in [4.78, 5) is 12.2. The lowest BCUT2D eigenvalue weighted by Crippen LogP contribution is -2.12. The molecule has 0 aliphatic carbocycles. The van der Waals surface area contributed by atoms with Gasteiger partial charge in [-0.3, -0.25) is 10.1 Å². The molecule has 6 heteroatoms. The van der Waals surface area contributed by atoms with Crippen molar-refractivity contribution in [3.05, 3.63) is 29.4 Å². The monoisotopic (exact) mass is 418 g/mol. The van der Waals surface area contributed by atoms with Crippen LogP contribution in [0.3, 0.4) is 0 Å². The Hall–Kier alpha value is -0.120. The lowest BCUT2D eigenvalue weighted by molar-refractivity contribution is -0.385. The van der Waals surface area contributed by atoms with Gasteiger partial charge in [0.25, 0.3) is 5.69 Å². The van der Waals surface area contributed by atoms with Crippen molar-refractivity contribution in [3.8, 4) is 0 Å². The molecule has 0 N–H and O–H groups in total. The summed E-state index contributed by atoms with van der Waals surface area (Å²) in [5, 5.41) is 10.6. The molecule has 0 unspecified atom stereocenters. The highest BCUT2D eigenvalue weighted by Gasteiger charge is 2.14. The molecule has 0 aromatic heterocycles. The summed E-state index contributed by atoms with van der Waals surface area (Å²) in [6, 6.07) is 3.16. The standard InChI is InChI=1S/C8H8I2N2O2/c1-11(2)8-6(9)3-5(12(13)14)4-7(8)10/h3-4H,1-2H3. The zero-order chi connectivity index (χ0) is 10.9. The molecule has 14 heavy (non-hydrogen) atoms. The van der Waals surface area contributed by atoms with Gasteiger partial charge in [-0.25, -0.2) is 0 Å². The van der Waals surface area contributed by atoms with E-state index in [4.69, 9.17) is 0 Å². The first-order chi connectivity index (χ1) is 6.43. The van der Waals surface area contributed by atoms with Gasteiger partial charge >= 0.3 is 0 Å². The maximum absolute atomic E-state index is 10.6. The number of halogens is 2. The second-order valence-electron chi connectivity index (χ2n) is 2.91. The van der Waals surface area contributed by atoms with Crippen molar-refractivity contribution in [2.75, 3.05) is 19.0 Å². The maximum atomic E-state index is 10.6. The van der Waals surface area contributed by atoms with Crippen LogP contribution in [0, 0.1) is 17.3 Å². The van der Waals surface area contributed by atoms with Crippen molar-refractivity contribution >= 4 is 56.6 Å². The Morgan fingerprint density at radius 1 is 1.29 bits per heavy atom. The number of anilines is 1. The molecule has 0 amide bonds. The van der Waals surface area contributed by atoms with Crippen LogP contribution in [0.4, 0.5) is 11.4 Å². The fourth-order valence-electron chi connectivity index (χ4n) is 1.08. The molecule has 0 bridgehead atoms. The predicted molar refractivity (Wildman–Crippen MR) is 72.9 cm³/mol. The van der Waals surface area contributed by atoms with Crippen molar-refractivity contribution in [1.82, 2.24) is 0 Å². The molecular weight excluding hydrogens is 410 g/mol. The summed E-state index contributed by atoms with van der Waals surface area (Å²) in [6.07, 6.45) is 0. The van der Waals surface area contributed by atoms with Gasteiger partial charge in [-0.1, -0.05) is 0 Å². The quantitative estimate of drug-likeness (QED) is 0.422. The first-order valence-electron chi connectivity index (χ1n) is 3.74. The lowest BCUT2D eigenvalue weighted by Gasteiger charge is -2.16. The van der Waals surface area contributed by atoms with Crippen LogP contribution >= 0.6 is 45.2 Å². The van der Waals surface area contributed by atoms with Crippen LogP contribution < -0.4 is 4.90 Å². The van der Waals surface area contributed by atoms with Crippen LogP contribution in [0.15, 0.2) is 12.1 Å². The molecule has 1 rings (SSSR count). The topological polar surface area (TPSA) is 46.4 Å². The summed E-state index contributed by atoms with van der Waals surface area (Å²) < 4.78 is 1.79. The van der Waals surface area contributed by atoms with Gasteiger partial charge in [-0.2, -0.15) is 0 Å². The third-order valence-electron chi connectivity index (χ3n) is 1.66. The van der Waals surface area contributed by atoms with Crippen molar-refractivity contribution in [1.29, 1.82) is 0 Å². The fourth-order valence-corrected chi connectivity index (χ4v) is 3.78. The van der Waals surface area contributed by atoms with Crippen LogP contribution in [-0.4, -0.2) is 19.0 Å². The van der Waals surface area contributed by atoms with E-state index in [2.05, 4.69) is 45.2 Å². The molecule has 76 valence electrons. The van der Waals surface area contributed by atoms with Crippen LogP contribution in [0.25, 0.3) is 0 Å². The van der Waals surface area contributed by atoms with E-state index >= 15 is 0 Å². The first-order valence-corrected chi connectivity index (χ1v) is 5.90. The SMILES string of the molecule is CN(C)c1c(I)cc([N+](=O)[O-])cc1I. The molecule has 0 aliphatic heterocycles. The average molecular weight is 418 g/mol. The molecule has 0 spiro atoms. The van der Waals surface area contributed by atoms with E-state index in [1.807, 2.05) is 19.0 Å². The van der Waals surface area contributed by atoms with Crippen molar-refractivity contribution in [3.63, 3.8) is 0 Å². The molecule has 4 nitrogen and oxygen atoms in total. The van der Waals surface area contributed by atoms with Gasteiger partial charge in [0.2, 0.25) is 0 Å². The van der Waals surface area contributed by atoms with Gasteiger partial charge in [0.1, 0.15) is 0 Å². The summed E-state index contributed by atoms with van der Waals surface area (Å²) in [5.41, 5.74) is 1.17. The third-order valence-corrected chi connectivity index (χ3v) is 3.30. The zero-order valence-corrected chi connectivity index (χ0v) is 11.9. The number of nitro benzene ring substituents is 1. The fraction of sp³-hybridized carbons (Fsp3) is 0.250. The molecule has 0 fully saturated rings. The average Bonchev–Trinajstić information content (AvgIpc) is 2.01. The smallest absolute Gasteiger partial charge is 0.271 e. The minimum absolute atomic E-state index is 0.143. The van der Waals surface area contributed by atoms with Gasteiger partial charge in [0.15, 0.2) is 0 Å². The van der Waals surface area contributed by atoms with Gasteiger partial charge in [-0.05, 0) is 45.2 Å². The normalized spacial score (nSPS) is 10.0. The second-order valence-corrected chi connectivity index (χ2v) is 5.23. The van der Waals surface area contributed by atoms with Crippen LogP contribution in [0.5, 0.6) is 0 Å². The highest BCUT2D eigenvalue weighted by molar-refractivity contribution is 14.1. The molecule has 0 saturated heterocycles. The zero-order valence-electron chi connectivity index (χ0n) is 7.62. The maximum Gasteiger partial charge on any atom is 0.271 e. The molecule has 0 radical (unpaired) electrons. The Morgan fingerprint density at radius 2 is 1.71 bits per heavy atom. The Kier molecular flexibility index (Phi) is 3.93. The molecule has 0 atom stereocenters. The van der Waals surface area contributed by atoms with Crippen LogP contribution in [-0.2, 0) is 0 Å². The van der Waals surface area contributed by atoms with Gasteiger partial charge in [-0.15, -0.1) is 0 Å². The van der Waals surface area contributed by atoms with Crippen molar-refractivity contribution in [2.24, 2.45) is 0 Å². The van der Waals surface area contributed by atoms with E-state index in [-0.39, 0.29) is 10.6 Å². The minimum atomic E-state index is -0.371. The second kappa shape index (κ2) is 4.60. The number of hydrogen-bond donors (Lipinski definition) is 0. The van der Waals surface area contributed by atoms with Gasteiger partial charge < -0.3 is 4.90 Å². The number of nitrogens with zero attached hydrogens (tertiary/aromatic N) is 2. The number of hydrogen-bond acceptors (Lipinski definition) is 3. The first kappa shape index (κ1) is 12.0. The highest BCUT2D eigenvalue weighted by atomic mass is 127. The molecule has 1 aromatic carbocycles. The molecular formula is C8H8I2N2O2. The Bertz CT molecular complexity index is 357. The Labute approximate surface area is 109 Å². The summed E-state index contributed by atoms with van der Waals surface area (Å²) in [6.45, 7) is 0. The van der Waals surface area contributed by atoms with Crippen molar-refractivity contribution in [2.45, 2.75) is 0 Å². The van der Waals surface area contributed by atoms with Gasteiger partial charge in [0.05, 0.1) is 10.6 Å². The Morgan fingerprint density at radius 3 is 2.00 bits per heavy atom. The number of nitro groups is 1. The van der Waals surface area contributed by atoms with E-state index in [1.165, 1.54) is 0 Å². The van der Waals surface area contributed by atoms with Gasteiger partial charge in [0, 0.05) is 33.4 Å². The van der Waals surface area contributed by atoms with E-state index < -0.39 is 0 Å². The summed E-state index contributed by atoms with van der Waals surface area (Å²) in [5.74, 6) is 0. The van der Waals surface area contributed by atoms with Crippen LogP contribution in [0.2, 0.25) is 0 Å². The molecule has 0 heterocycles. The van der Waals surface area contributed by atoms with Crippen LogP contribution in [0.1, 0.15) is 0 Å². The van der Waals surface area contributed by atoms with E-state index in [0.717, 1.165) is 12.8 Å². The largest absolute Gasteiger partial charge is 0.376 e. The highest BCUT2D eigenvalue weighted by Crippen LogP contribution is 2.31. The number of rotatable bonds is 2. The lowest BCUT2D eigenvalue weighted by atomic mass is 10.3. The molecule has 0 saturated carbocycles. The van der Waals surface area contributed by atoms with E-state index in [1.54, 1.807) is 12.1 Å². The predicted octanol–water partition coefficient (Wildman–Crippen LogP) is 2.87.